The fraction of sp³-hybridized carbons (Fsp3) is 0.959. The van der Waals surface area contributed by atoms with E-state index in [1.807, 2.05) is 11.8 Å². The molecule has 7 heteroatoms. The van der Waals surface area contributed by atoms with E-state index in [1.165, 1.54) is 243 Å². The molecule has 0 amide bonds. The normalized spacial score (nSPS) is 12.6. The van der Waals surface area contributed by atoms with E-state index in [0.29, 0.717) is 5.75 Å². The van der Waals surface area contributed by atoms with E-state index < -0.39 is 0 Å². The number of unbranched alkanes of at least 4 members (excludes halogenated alkanes) is 33. The summed E-state index contributed by atoms with van der Waals surface area (Å²) in [6.07, 6.45) is 49.0. The summed E-state index contributed by atoms with van der Waals surface area (Å²) in [5, 5.41) is 0.274. The lowest BCUT2D eigenvalue weighted by atomic mass is 10.1. The minimum atomic E-state index is -0.245. The number of carbonyl (C=O) groups is 2. The van der Waals surface area contributed by atoms with Crippen LogP contribution in [-0.4, -0.2) is 50.5 Å². The van der Waals surface area contributed by atoms with Gasteiger partial charge in [-0.1, -0.05) is 244 Å². The lowest BCUT2D eigenvalue weighted by Gasteiger charge is -2.25. The van der Waals surface area contributed by atoms with E-state index in [1.54, 1.807) is 23.5 Å². The molecule has 0 aromatic heterocycles. The van der Waals surface area contributed by atoms with Crippen LogP contribution in [0.2, 0.25) is 0 Å². The molecule has 2 atom stereocenters. The molecule has 0 aliphatic rings. The smallest absolute Gasteiger partial charge is 0.303 e. The SMILES string of the molecule is CCCCCCCCCCCCCCSCC(=O)SC(CSCCCCCCCCCCCCCC)C(OC(C)=O)SCCCCCCCCCCCCCC. The van der Waals surface area contributed by atoms with Crippen molar-refractivity contribution in [2.75, 3.05) is 28.8 Å². The van der Waals surface area contributed by atoms with Gasteiger partial charge in [-0.15, -0.1) is 11.8 Å². The van der Waals surface area contributed by atoms with Gasteiger partial charge in [0.25, 0.3) is 0 Å². The van der Waals surface area contributed by atoms with Crippen molar-refractivity contribution >= 4 is 58.1 Å². The standard InChI is InChI=1S/C49H96O3S4/c1-5-8-11-14-17-20-23-26-29-32-35-38-41-53-44-47(56-48(51)45-54-42-39-36-33-30-27-24-21-18-15-12-9-6-2)49(52-46(4)50)55-43-40-37-34-31-28-25-22-19-16-13-10-7-3/h47,49H,5-45H2,1-4H3. The summed E-state index contributed by atoms with van der Waals surface area (Å²) < 4.78 is 5.95. The van der Waals surface area contributed by atoms with Crippen LogP contribution in [0.4, 0.5) is 0 Å². The summed E-state index contributed by atoms with van der Waals surface area (Å²) in [4.78, 5) is 25.5. The molecule has 0 spiro atoms. The monoisotopic (exact) mass is 861 g/mol. The van der Waals surface area contributed by atoms with Crippen LogP contribution in [0.15, 0.2) is 0 Å². The summed E-state index contributed by atoms with van der Waals surface area (Å²) in [6, 6.07) is 0. The number of carbonyl (C=O) groups excluding carboxylic acids is 2. The fourth-order valence-electron chi connectivity index (χ4n) is 7.34. The second-order valence-electron chi connectivity index (χ2n) is 16.7. The molecule has 0 heterocycles. The van der Waals surface area contributed by atoms with Crippen LogP contribution in [0.3, 0.4) is 0 Å². The molecule has 2 unspecified atom stereocenters. The maximum Gasteiger partial charge on any atom is 0.303 e. The predicted molar refractivity (Wildman–Crippen MR) is 262 cm³/mol. The Hall–Kier alpha value is 0.540. The molecule has 0 radical (unpaired) electrons. The number of esters is 1. The number of hydrogen-bond donors (Lipinski definition) is 0. The second-order valence-corrected chi connectivity index (χ2v) is 21.4. The van der Waals surface area contributed by atoms with Crippen LogP contribution in [-0.2, 0) is 14.3 Å². The zero-order valence-electron chi connectivity index (χ0n) is 38.0. The number of hydrogen-bond acceptors (Lipinski definition) is 7. The Labute approximate surface area is 368 Å². The maximum atomic E-state index is 13.3. The van der Waals surface area contributed by atoms with Gasteiger partial charge in [-0.25, -0.2) is 0 Å². The van der Waals surface area contributed by atoms with Gasteiger partial charge in [-0.2, -0.15) is 23.5 Å². The van der Waals surface area contributed by atoms with Crippen molar-refractivity contribution in [1.29, 1.82) is 0 Å². The van der Waals surface area contributed by atoms with Gasteiger partial charge >= 0.3 is 5.97 Å². The molecule has 0 saturated heterocycles. The summed E-state index contributed by atoms with van der Waals surface area (Å²) in [6.45, 7) is 8.40. The third-order valence-corrected chi connectivity index (χ3v) is 16.1. The first-order chi connectivity index (χ1) is 27.5. The number of ether oxygens (including phenoxy) is 1. The van der Waals surface area contributed by atoms with E-state index >= 15 is 0 Å². The predicted octanol–water partition coefficient (Wildman–Crippen LogP) is 17.8. The van der Waals surface area contributed by atoms with Crippen molar-refractivity contribution in [3.8, 4) is 0 Å². The van der Waals surface area contributed by atoms with Gasteiger partial charge in [0.2, 0.25) is 0 Å². The Morgan fingerprint density at radius 2 is 0.714 bits per heavy atom. The molecule has 0 saturated carbocycles. The van der Waals surface area contributed by atoms with Crippen molar-refractivity contribution in [1.82, 2.24) is 0 Å². The largest absolute Gasteiger partial charge is 0.450 e. The van der Waals surface area contributed by atoms with Crippen molar-refractivity contribution in [3.63, 3.8) is 0 Å². The maximum absolute atomic E-state index is 13.3. The van der Waals surface area contributed by atoms with E-state index in [4.69, 9.17) is 4.74 Å². The lowest BCUT2D eigenvalue weighted by molar-refractivity contribution is -0.142. The number of rotatable bonds is 47. The molecular formula is C49H96O3S4. The molecule has 56 heavy (non-hydrogen) atoms. The summed E-state index contributed by atoms with van der Waals surface area (Å²) in [5.41, 5.74) is -0.245. The van der Waals surface area contributed by atoms with Gasteiger partial charge < -0.3 is 4.74 Å². The Morgan fingerprint density at radius 1 is 0.411 bits per heavy atom. The summed E-state index contributed by atoms with van der Waals surface area (Å²) >= 11 is 7.02. The van der Waals surface area contributed by atoms with Crippen LogP contribution < -0.4 is 0 Å². The van der Waals surface area contributed by atoms with E-state index in [2.05, 4.69) is 20.8 Å². The van der Waals surface area contributed by atoms with Gasteiger partial charge in [0.1, 0.15) is 0 Å². The quantitative estimate of drug-likeness (QED) is 0.0343. The second kappa shape index (κ2) is 48.2. The molecule has 0 aromatic carbocycles. The van der Waals surface area contributed by atoms with Crippen LogP contribution in [0, 0.1) is 0 Å². The van der Waals surface area contributed by atoms with Crippen molar-refractivity contribution in [2.45, 2.75) is 270 Å². The van der Waals surface area contributed by atoms with Crippen molar-refractivity contribution in [2.24, 2.45) is 0 Å². The summed E-state index contributed by atoms with van der Waals surface area (Å²) in [7, 11) is 0. The first-order valence-corrected chi connectivity index (χ1v) is 28.9. The molecule has 0 fully saturated rings. The fourth-order valence-corrected chi connectivity index (χ4v) is 12.3. The first-order valence-electron chi connectivity index (χ1n) is 24.7. The first kappa shape index (κ1) is 56.5. The van der Waals surface area contributed by atoms with Crippen molar-refractivity contribution in [3.05, 3.63) is 0 Å². The van der Waals surface area contributed by atoms with E-state index in [-0.39, 0.29) is 21.8 Å². The third kappa shape index (κ3) is 44.1. The molecule has 0 aliphatic heterocycles. The molecular weight excluding hydrogens is 765 g/mol. The van der Waals surface area contributed by atoms with E-state index in [9.17, 15) is 9.59 Å². The molecule has 334 valence electrons. The van der Waals surface area contributed by atoms with Gasteiger partial charge in [0.15, 0.2) is 10.6 Å². The average Bonchev–Trinajstić information content (AvgIpc) is 3.18. The number of thioether (sulfide) groups is 4. The van der Waals surface area contributed by atoms with Crippen LogP contribution in [0.25, 0.3) is 0 Å². The highest BCUT2D eigenvalue weighted by Crippen LogP contribution is 2.32. The minimum Gasteiger partial charge on any atom is -0.450 e. The highest BCUT2D eigenvalue weighted by Gasteiger charge is 2.28. The Balaban J connectivity index is 4.54. The zero-order chi connectivity index (χ0) is 40.8. The third-order valence-electron chi connectivity index (χ3n) is 10.9. The van der Waals surface area contributed by atoms with Crippen LogP contribution in [0.1, 0.15) is 259 Å². The van der Waals surface area contributed by atoms with Gasteiger partial charge in [0.05, 0.1) is 11.0 Å². The minimum absolute atomic E-state index is 0.0169. The Morgan fingerprint density at radius 3 is 1.05 bits per heavy atom. The Bertz CT molecular complexity index is 797. The zero-order valence-corrected chi connectivity index (χ0v) is 41.3. The van der Waals surface area contributed by atoms with Crippen LogP contribution in [0.5, 0.6) is 0 Å². The lowest BCUT2D eigenvalue weighted by Crippen LogP contribution is -2.29. The van der Waals surface area contributed by atoms with E-state index in [0.717, 1.165) is 29.4 Å². The van der Waals surface area contributed by atoms with Gasteiger partial charge in [0, 0.05) is 12.7 Å². The summed E-state index contributed by atoms with van der Waals surface area (Å²) in [5.74, 6) is 4.43. The Kier molecular flexibility index (Phi) is 48.7. The highest BCUT2D eigenvalue weighted by molar-refractivity contribution is 8.17. The molecule has 0 bridgehead atoms. The van der Waals surface area contributed by atoms with Crippen LogP contribution >= 0.6 is 47.0 Å². The molecule has 3 nitrogen and oxygen atoms in total. The molecule has 0 aliphatic carbocycles. The van der Waals surface area contributed by atoms with Gasteiger partial charge in [-0.05, 0) is 36.5 Å². The molecule has 0 rings (SSSR count). The highest BCUT2D eigenvalue weighted by atomic mass is 32.2. The molecule has 0 aromatic rings. The van der Waals surface area contributed by atoms with Crippen molar-refractivity contribution < 1.29 is 14.3 Å². The average molecular weight is 862 g/mol. The molecule has 0 N–H and O–H groups in total. The van der Waals surface area contributed by atoms with Gasteiger partial charge in [-0.3, -0.25) is 9.59 Å². The topological polar surface area (TPSA) is 43.4 Å².